The number of ether oxygens (including phenoxy) is 1. The molecule has 9 nitrogen and oxygen atoms in total. The highest BCUT2D eigenvalue weighted by molar-refractivity contribution is 5.79. The van der Waals surface area contributed by atoms with E-state index < -0.39 is 18.3 Å². The summed E-state index contributed by atoms with van der Waals surface area (Å²) in [5.41, 5.74) is 0.865. The zero-order chi connectivity index (χ0) is 21.2. The number of hydrogen-bond donors (Lipinski definition) is 3. The number of carbonyl (C=O) groups excluding carboxylic acids is 2. The minimum atomic E-state index is -1.43. The molecule has 3 atom stereocenters. The van der Waals surface area contributed by atoms with Gasteiger partial charge in [-0.05, 0) is 30.5 Å². The van der Waals surface area contributed by atoms with Gasteiger partial charge in [0.15, 0.2) is 0 Å². The standard InChI is InChI=1S/C20H31N3O6/c1-15(24)23-10-9-22(19(27)12-16-4-6-21-7-5-16)8-2-3-11-29-14-18(26)20(28)17(25)13-23/h4-7,17-18,20,25-26,28H,2-3,8-14H2,1H3/t17-,18+,20+/m0/s1. The molecule has 9 heteroatoms. The molecule has 162 valence electrons. The summed E-state index contributed by atoms with van der Waals surface area (Å²) in [6, 6.07) is 3.59. The second-order valence-electron chi connectivity index (χ2n) is 7.29. The Morgan fingerprint density at radius 2 is 1.76 bits per heavy atom. The minimum Gasteiger partial charge on any atom is -0.388 e. The lowest BCUT2D eigenvalue weighted by Gasteiger charge is -2.31. The summed E-state index contributed by atoms with van der Waals surface area (Å²) >= 11 is 0. The van der Waals surface area contributed by atoms with Crippen LogP contribution in [0.5, 0.6) is 0 Å². The lowest BCUT2D eigenvalue weighted by Crippen LogP contribution is -2.49. The number of rotatable bonds is 2. The first-order valence-electron chi connectivity index (χ1n) is 9.92. The SMILES string of the molecule is CC(=O)N1CCN(C(=O)Cc2ccncc2)CCCCOC[C@@H](O)[C@H](O)[C@@H](O)C1. The van der Waals surface area contributed by atoms with E-state index in [1.165, 1.54) is 11.8 Å². The predicted octanol–water partition coefficient (Wildman–Crippen LogP) is -0.806. The number of aliphatic hydroxyl groups excluding tert-OH is 3. The van der Waals surface area contributed by atoms with E-state index in [1.54, 1.807) is 29.4 Å². The molecule has 0 aromatic carbocycles. The molecule has 1 aromatic rings. The molecule has 3 N–H and O–H groups in total. The van der Waals surface area contributed by atoms with Gasteiger partial charge in [-0.15, -0.1) is 0 Å². The molecule has 2 amide bonds. The van der Waals surface area contributed by atoms with Crippen LogP contribution in [0, 0.1) is 0 Å². The van der Waals surface area contributed by atoms with Crippen LogP contribution >= 0.6 is 0 Å². The number of aliphatic hydroxyl groups is 3. The van der Waals surface area contributed by atoms with Crippen LogP contribution in [0.25, 0.3) is 0 Å². The van der Waals surface area contributed by atoms with E-state index in [9.17, 15) is 24.9 Å². The molecule has 2 rings (SSSR count). The molecular formula is C20H31N3O6. The zero-order valence-corrected chi connectivity index (χ0v) is 16.8. The molecule has 0 unspecified atom stereocenters. The van der Waals surface area contributed by atoms with Crippen molar-refractivity contribution in [1.82, 2.24) is 14.8 Å². The molecule has 0 aliphatic carbocycles. The molecule has 1 fully saturated rings. The van der Waals surface area contributed by atoms with Crippen molar-refractivity contribution in [3.05, 3.63) is 30.1 Å². The van der Waals surface area contributed by atoms with Crippen LogP contribution in [0.2, 0.25) is 0 Å². The van der Waals surface area contributed by atoms with Crippen LogP contribution in [0.3, 0.4) is 0 Å². The highest BCUT2D eigenvalue weighted by atomic mass is 16.5. The molecule has 1 aliphatic rings. The monoisotopic (exact) mass is 409 g/mol. The van der Waals surface area contributed by atoms with Crippen molar-refractivity contribution < 1.29 is 29.6 Å². The number of amides is 2. The van der Waals surface area contributed by atoms with E-state index in [2.05, 4.69) is 4.98 Å². The third-order valence-electron chi connectivity index (χ3n) is 4.99. The number of carbonyl (C=O) groups is 2. The first-order chi connectivity index (χ1) is 13.9. The van der Waals surface area contributed by atoms with Gasteiger partial charge in [0, 0.05) is 52.1 Å². The van der Waals surface area contributed by atoms with Crippen LogP contribution in [-0.4, -0.2) is 99.6 Å². The van der Waals surface area contributed by atoms with Crippen LogP contribution < -0.4 is 0 Å². The van der Waals surface area contributed by atoms with Gasteiger partial charge < -0.3 is 29.9 Å². The molecular weight excluding hydrogens is 378 g/mol. The number of aromatic nitrogens is 1. The summed E-state index contributed by atoms with van der Waals surface area (Å²) in [6.45, 7) is 2.57. The molecule has 0 radical (unpaired) electrons. The van der Waals surface area contributed by atoms with Crippen molar-refractivity contribution in [3.8, 4) is 0 Å². The average Bonchev–Trinajstić information content (AvgIpc) is 2.70. The van der Waals surface area contributed by atoms with Gasteiger partial charge in [0.2, 0.25) is 11.8 Å². The Morgan fingerprint density at radius 3 is 2.45 bits per heavy atom. The Balaban J connectivity index is 2.07. The fraction of sp³-hybridized carbons (Fsp3) is 0.650. The molecule has 2 heterocycles. The lowest BCUT2D eigenvalue weighted by molar-refractivity contribution is -0.137. The summed E-state index contributed by atoms with van der Waals surface area (Å²) in [5.74, 6) is -0.334. The third-order valence-corrected chi connectivity index (χ3v) is 4.99. The van der Waals surface area contributed by atoms with E-state index >= 15 is 0 Å². The van der Waals surface area contributed by atoms with Crippen molar-refractivity contribution >= 4 is 11.8 Å². The molecule has 29 heavy (non-hydrogen) atoms. The maximum Gasteiger partial charge on any atom is 0.227 e. The van der Waals surface area contributed by atoms with Gasteiger partial charge in [0.25, 0.3) is 0 Å². The van der Waals surface area contributed by atoms with Crippen molar-refractivity contribution in [2.45, 2.75) is 44.5 Å². The van der Waals surface area contributed by atoms with Crippen LogP contribution in [0.1, 0.15) is 25.3 Å². The largest absolute Gasteiger partial charge is 0.388 e. The second kappa shape index (κ2) is 11.8. The van der Waals surface area contributed by atoms with Gasteiger partial charge >= 0.3 is 0 Å². The number of nitrogens with zero attached hydrogens (tertiary/aromatic N) is 3. The summed E-state index contributed by atoms with van der Waals surface area (Å²) in [4.78, 5) is 31.8. The van der Waals surface area contributed by atoms with Crippen molar-refractivity contribution in [1.29, 1.82) is 0 Å². The van der Waals surface area contributed by atoms with Gasteiger partial charge in [-0.1, -0.05) is 0 Å². The van der Waals surface area contributed by atoms with Crippen LogP contribution in [0.15, 0.2) is 24.5 Å². The Kier molecular flexibility index (Phi) is 9.46. The van der Waals surface area contributed by atoms with E-state index in [1.807, 2.05) is 0 Å². The Hall–Kier alpha value is -2.07. The highest BCUT2D eigenvalue weighted by Crippen LogP contribution is 2.09. The van der Waals surface area contributed by atoms with Gasteiger partial charge in [-0.25, -0.2) is 0 Å². The second-order valence-corrected chi connectivity index (χ2v) is 7.29. The molecule has 1 saturated heterocycles. The number of pyridine rings is 1. The first-order valence-corrected chi connectivity index (χ1v) is 9.92. The summed E-state index contributed by atoms with van der Waals surface area (Å²) in [7, 11) is 0. The van der Waals surface area contributed by atoms with E-state index in [0.717, 1.165) is 5.56 Å². The molecule has 0 bridgehead atoms. The molecule has 1 aromatic heterocycles. The van der Waals surface area contributed by atoms with Gasteiger partial charge in [0.05, 0.1) is 13.0 Å². The van der Waals surface area contributed by atoms with E-state index in [0.29, 0.717) is 32.5 Å². The van der Waals surface area contributed by atoms with E-state index in [4.69, 9.17) is 4.74 Å². The van der Waals surface area contributed by atoms with Gasteiger partial charge in [-0.3, -0.25) is 14.6 Å². The van der Waals surface area contributed by atoms with Crippen molar-refractivity contribution in [3.63, 3.8) is 0 Å². The van der Waals surface area contributed by atoms with Crippen molar-refractivity contribution in [2.24, 2.45) is 0 Å². The fourth-order valence-electron chi connectivity index (χ4n) is 3.17. The zero-order valence-electron chi connectivity index (χ0n) is 16.8. The Labute approximate surface area is 170 Å². The Morgan fingerprint density at radius 1 is 1.07 bits per heavy atom. The quantitative estimate of drug-likeness (QED) is 0.584. The van der Waals surface area contributed by atoms with E-state index in [-0.39, 0.29) is 37.9 Å². The normalized spacial score (nSPS) is 25.3. The maximum atomic E-state index is 12.8. The van der Waals surface area contributed by atoms with Crippen LogP contribution in [0.4, 0.5) is 0 Å². The molecule has 1 aliphatic heterocycles. The summed E-state index contributed by atoms with van der Waals surface area (Å²) < 4.78 is 5.36. The van der Waals surface area contributed by atoms with Gasteiger partial charge in [0.1, 0.15) is 18.3 Å². The number of β-amino-alcohol motifs (C(OH)–C–C–N with tert-alkyl or cyclic N) is 1. The minimum absolute atomic E-state index is 0.0521. The molecule has 0 spiro atoms. The highest BCUT2D eigenvalue weighted by Gasteiger charge is 2.28. The first kappa shape index (κ1) is 23.2. The lowest BCUT2D eigenvalue weighted by atomic mass is 10.1. The Bertz CT molecular complexity index is 644. The van der Waals surface area contributed by atoms with Crippen LogP contribution in [-0.2, 0) is 20.7 Å². The topological polar surface area (TPSA) is 123 Å². The summed E-state index contributed by atoms with van der Waals surface area (Å²) in [6.07, 6.45) is 0.936. The predicted molar refractivity (Wildman–Crippen MR) is 105 cm³/mol. The maximum absolute atomic E-state index is 12.8. The fourth-order valence-corrected chi connectivity index (χ4v) is 3.17. The van der Waals surface area contributed by atoms with Crippen molar-refractivity contribution in [2.75, 3.05) is 39.4 Å². The average molecular weight is 409 g/mol. The number of hydrogen-bond acceptors (Lipinski definition) is 7. The summed E-state index contributed by atoms with van der Waals surface area (Å²) in [5, 5.41) is 30.2. The molecule has 0 saturated carbocycles. The third kappa shape index (κ3) is 7.69. The smallest absolute Gasteiger partial charge is 0.227 e. The van der Waals surface area contributed by atoms with Gasteiger partial charge in [-0.2, -0.15) is 0 Å².